The van der Waals surface area contributed by atoms with Crippen LogP contribution in [0, 0.1) is 0 Å². The predicted octanol–water partition coefficient (Wildman–Crippen LogP) is 4.29. The molecule has 3 aromatic rings. The largest absolute Gasteiger partial charge is 0.348 e. The summed E-state index contributed by atoms with van der Waals surface area (Å²) in [6.07, 6.45) is 3.20. The fourth-order valence-electron chi connectivity index (χ4n) is 2.63. The number of carbonyl (C=O) groups excluding carboxylic acids is 2. The summed E-state index contributed by atoms with van der Waals surface area (Å²) in [4.78, 5) is 27.9. The molecule has 0 bridgehead atoms. The van der Waals surface area contributed by atoms with Crippen LogP contribution in [0.15, 0.2) is 67.0 Å². The minimum absolute atomic E-state index is 0.139. The second-order valence-electron chi connectivity index (χ2n) is 6.04. The van der Waals surface area contributed by atoms with Gasteiger partial charge in [-0.1, -0.05) is 35.9 Å². The van der Waals surface area contributed by atoms with Crippen LogP contribution < -0.4 is 10.6 Å². The SMILES string of the molecule is CC(=O)Nc1cccc(-c2cncc(C(=O)NCc3cccc(Cl)c3)c2)c1. The highest BCUT2D eigenvalue weighted by Gasteiger charge is 2.09. The van der Waals surface area contributed by atoms with Gasteiger partial charge in [0.25, 0.3) is 5.91 Å². The molecule has 0 saturated heterocycles. The van der Waals surface area contributed by atoms with Crippen molar-refractivity contribution in [3.8, 4) is 11.1 Å². The topological polar surface area (TPSA) is 71.1 Å². The van der Waals surface area contributed by atoms with Crippen molar-refractivity contribution in [2.45, 2.75) is 13.5 Å². The number of benzene rings is 2. The fourth-order valence-corrected chi connectivity index (χ4v) is 2.85. The first-order chi connectivity index (χ1) is 13.0. The number of hydrogen-bond acceptors (Lipinski definition) is 3. The van der Waals surface area contributed by atoms with E-state index in [1.165, 1.54) is 13.1 Å². The molecule has 0 radical (unpaired) electrons. The van der Waals surface area contributed by atoms with Gasteiger partial charge in [0, 0.05) is 42.1 Å². The number of aromatic nitrogens is 1. The third kappa shape index (κ3) is 5.15. The number of carbonyl (C=O) groups is 2. The van der Waals surface area contributed by atoms with Gasteiger partial charge in [0.2, 0.25) is 5.91 Å². The minimum atomic E-state index is -0.220. The Morgan fingerprint density at radius 1 is 1.00 bits per heavy atom. The number of amides is 2. The van der Waals surface area contributed by atoms with Gasteiger partial charge in [-0.2, -0.15) is 0 Å². The van der Waals surface area contributed by atoms with Crippen molar-refractivity contribution in [1.29, 1.82) is 0 Å². The quantitative estimate of drug-likeness (QED) is 0.694. The maximum atomic E-state index is 12.5. The van der Waals surface area contributed by atoms with Gasteiger partial charge in [-0.25, -0.2) is 0 Å². The normalized spacial score (nSPS) is 10.3. The number of nitrogens with one attached hydrogen (secondary N) is 2. The van der Waals surface area contributed by atoms with Gasteiger partial charge in [0.1, 0.15) is 0 Å². The molecule has 3 rings (SSSR count). The molecule has 2 N–H and O–H groups in total. The van der Waals surface area contributed by atoms with E-state index < -0.39 is 0 Å². The zero-order valence-corrected chi connectivity index (χ0v) is 15.5. The van der Waals surface area contributed by atoms with E-state index in [1.54, 1.807) is 24.4 Å². The molecule has 27 heavy (non-hydrogen) atoms. The average Bonchev–Trinajstić information content (AvgIpc) is 2.66. The molecule has 0 unspecified atom stereocenters. The average molecular weight is 380 g/mol. The lowest BCUT2D eigenvalue weighted by molar-refractivity contribution is -0.114. The molecule has 0 aliphatic carbocycles. The zero-order valence-electron chi connectivity index (χ0n) is 14.7. The second kappa shape index (κ2) is 8.47. The number of pyridine rings is 1. The lowest BCUT2D eigenvalue weighted by Gasteiger charge is -2.09. The maximum Gasteiger partial charge on any atom is 0.253 e. The van der Waals surface area contributed by atoms with Crippen LogP contribution in [-0.4, -0.2) is 16.8 Å². The molecule has 0 saturated carbocycles. The van der Waals surface area contributed by atoms with Crippen LogP contribution in [0.25, 0.3) is 11.1 Å². The van der Waals surface area contributed by atoms with Gasteiger partial charge < -0.3 is 10.6 Å². The second-order valence-corrected chi connectivity index (χ2v) is 6.47. The molecule has 2 amide bonds. The van der Waals surface area contributed by atoms with Crippen molar-refractivity contribution in [1.82, 2.24) is 10.3 Å². The molecule has 1 aromatic heterocycles. The summed E-state index contributed by atoms with van der Waals surface area (Å²) in [6, 6.07) is 16.5. The third-order valence-corrected chi connectivity index (χ3v) is 4.09. The molecule has 2 aromatic carbocycles. The Kier molecular flexibility index (Phi) is 5.84. The van der Waals surface area contributed by atoms with Gasteiger partial charge in [-0.3, -0.25) is 14.6 Å². The van der Waals surface area contributed by atoms with E-state index in [0.717, 1.165) is 16.7 Å². The van der Waals surface area contributed by atoms with Crippen LogP contribution in [0.1, 0.15) is 22.8 Å². The highest BCUT2D eigenvalue weighted by molar-refractivity contribution is 6.30. The summed E-state index contributed by atoms with van der Waals surface area (Å²) < 4.78 is 0. The van der Waals surface area contributed by atoms with E-state index in [2.05, 4.69) is 15.6 Å². The fraction of sp³-hybridized carbons (Fsp3) is 0.0952. The molecule has 5 nitrogen and oxygen atoms in total. The summed E-state index contributed by atoms with van der Waals surface area (Å²) >= 11 is 5.96. The van der Waals surface area contributed by atoms with Gasteiger partial charge in [-0.15, -0.1) is 0 Å². The van der Waals surface area contributed by atoms with E-state index >= 15 is 0 Å². The monoisotopic (exact) mass is 379 g/mol. The van der Waals surface area contributed by atoms with Gasteiger partial charge in [0.05, 0.1) is 5.56 Å². The number of halogens is 1. The Balaban J connectivity index is 1.75. The lowest BCUT2D eigenvalue weighted by Crippen LogP contribution is -2.22. The standard InChI is InChI=1S/C21H18ClN3O2/c1-14(26)25-20-7-3-5-16(10-20)17-9-18(13-23-12-17)21(27)24-11-15-4-2-6-19(22)8-15/h2-10,12-13H,11H2,1H3,(H,24,27)(H,25,26). The van der Waals surface area contributed by atoms with Crippen LogP contribution in [0.5, 0.6) is 0 Å². The maximum absolute atomic E-state index is 12.5. The molecule has 0 spiro atoms. The number of hydrogen-bond donors (Lipinski definition) is 2. The zero-order chi connectivity index (χ0) is 19.2. The van der Waals surface area contributed by atoms with Crippen molar-refractivity contribution in [2.75, 3.05) is 5.32 Å². The van der Waals surface area contributed by atoms with Crippen molar-refractivity contribution in [2.24, 2.45) is 0 Å². The van der Waals surface area contributed by atoms with Crippen LogP contribution in [0.2, 0.25) is 5.02 Å². The van der Waals surface area contributed by atoms with E-state index in [4.69, 9.17) is 11.6 Å². The predicted molar refractivity (Wildman–Crippen MR) is 107 cm³/mol. The lowest BCUT2D eigenvalue weighted by atomic mass is 10.0. The van der Waals surface area contributed by atoms with E-state index in [-0.39, 0.29) is 11.8 Å². The molecule has 136 valence electrons. The van der Waals surface area contributed by atoms with Crippen LogP contribution >= 0.6 is 11.6 Å². The van der Waals surface area contributed by atoms with Crippen LogP contribution in [0.3, 0.4) is 0 Å². The molecule has 0 aliphatic rings. The molecular weight excluding hydrogens is 362 g/mol. The van der Waals surface area contributed by atoms with E-state index in [0.29, 0.717) is 22.8 Å². The van der Waals surface area contributed by atoms with Crippen molar-refractivity contribution >= 4 is 29.1 Å². The third-order valence-electron chi connectivity index (χ3n) is 3.86. The first kappa shape index (κ1) is 18.6. The first-order valence-corrected chi connectivity index (χ1v) is 8.75. The Morgan fingerprint density at radius 3 is 2.59 bits per heavy atom. The molecule has 6 heteroatoms. The van der Waals surface area contributed by atoms with Gasteiger partial charge in [0.15, 0.2) is 0 Å². The van der Waals surface area contributed by atoms with Crippen molar-refractivity contribution in [3.05, 3.63) is 83.1 Å². The highest BCUT2D eigenvalue weighted by Crippen LogP contribution is 2.23. The summed E-state index contributed by atoms with van der Waals surface area (Å²) in [5.41, 5.74) is 3.72. The Labute approximate surface area is 162 Å². The number of rotatable bonds is 5. The summed E-state index contributed by atoms with van der Waals surface area (Å²) in [6.45, 7) is 1.83. The summed E-state index contributed by atoms with van der Waals surface area (Å²) in [5, 5.41) is 6.24. The summed E-state index contributed by atoms with van der Waals surface area (Å²) in [7, 11) is 0. The van der Waals surface area contributed by atoms with Gasteiger partial charge >= 0.3 is 0 Å². The Bertz CT molecular complexity index is 988. The minimum Gasteiger partial charge on any atom is -0.348 e. The van der Waals surface area contributed by atoms with Crippen LogP contribution in [-0.2, 0) is 11.3 Å². The molecular formula is C21H18ClN3O2. The Morgan fingerprint density at radius 2 is 1.81 bits per heavy atom. The molecule has 0 aliphatic heterocycles. The number of anilines is 1. The van der Waals surface area contributed by atoms with E-state index in [9.17, 15) is 9.59 Å². The summed E-state index contributed by atoms with van der Waals surface area (Å²) in [5.74, 6) is -0.359. The molecule has 0 fully saturated rings. The van der Waals surface area contributed by atoms with Crippen LogP contribution in [0.4, 0.5) is 5.69 Å². The van der Waals surface area contributed by atoms with E-state index in [1.807, 2.05) is 36.4 Å². The highest BCUT2D eigenvalue weighted by atomic mass is 35.5. The number of nitrogens with zero attached hydrogens (tertiary/aromatic N) is 1. The molecule has 0 atom stereocenters. The van der Waals surface area contributed by atoms with Crippen molar-refractivity contribution in [3.63, 3.8) is 0 Å². The first-order valence-electron chi connectivity index (χ1n) is 8.37. The smallest absolute Gasteiger partial charge is 0.253 e. The van der Waals surface area contributed by atoms with Crippen molar-refractivity contribution < 1.29 is 9.59 Å². The Hall–Kier alpha value is -3.18. The molecule has 1 heterocycles. The van der Waals surface area contributed by atoms with Gasteiger partial charge in [-0.05, 0) is 41.5 Å².